The standard InChI is InChI=1S/C15H18N2O/c1-2-5-13-11-15(13,18)12-6-3-7-14(10-12)17-9-4-8-16-17/h3-4,6-10,13,18H,2,5,11H2,1H3. The van der Waals surface area contributed by atoms with Crippen LogP contribution in [0.15, 0.2) is 42.7 Å². The SMILES string of the molecule is CCCC1CC1(O)c1cccc(-n2cccn2)c1. The summed E-state index contributed by atoms with van der Waals surface area (Å²) in [5.74, 6) is 0.426. The van der Waals surface area contributed by atoms with Gasteiger partial charge >= 0.3 is 0 Å². The molecule has 94 valence electrons. The largest absolute Gasteiger partial charge is 0.385 e. The molecule has 0 amide bonds. The third-order valence-electron chi connectivity index (χ3n) is 3.82. The van der Waals surface area contributed by atoms with E-state index in [1.807, 2.05) is 41.2 Å². The number of hydrogen-bond donors (Lipinski definition) is 1. The highest BCUT2D eigenvalue weighted by Gasteiger charge is 2.53. The van der Waals surface area contributed by atoms with Gasteiger partial charge in [0.05, 0.1) is 11.3 Å². The predicted molar refractivity (Wildman–Crippen MR) is 70.5 cm³/mol. The van der Waals surface area contributed by atoms with Crippen LogP contribution >= 0.6 is 0 Å². The Balaban J connectivity index is 1.89. The van der Waals surface area contributed by atoms with Gasteiger partial charge < -0.3 is 5.11 Å². The van der Waals surface area contributed by atoms with E-state index in [9.17, 15) is 5.11 Å². The quantitative estimate of drug-likeness (QED) is 0.895. The highest BCUT2D eigenvalue weighted by atomic mass is 16.3. The second kappa shape index (κ2) is 4.25. The minimum Gasteiger partial charge on any atom is -0.385 e. The van der Waals surface area contributed by atoms with E-state index in [1.165, 1.54) is 0 Å². The second-order valence-corrected chi connectivity index (χ2v) is 5.11. The van der Waals surface area contributed by atoms with Crippen molar-refractivity contribution in [1.29, 1.82) is 0 Å². The van der Waals surface area contributed by atoms with E-state index in [0.29, 0.717) is 5.92 Å². The maximum Gasteiger partial charge on any atom is 0.0930 e. The number of rotatable bonds is 4. The van der Waals surface area contributed by atoms with Crippen molar-refractivity contribution in [3.63, 3.8) is 0 Å². The van der Waals surface area contributed by atoms with E-state index in [-0.39, 0.29) is 0 Å². The van der Waals surface area contributed by atoms with Gasteiger partial charge in [0, 0.05) is 12.4 Å². The molecule has 0 aliphatic heterocycles. The molecule has 3 heteroatoms. The molecule has 18 heavy (non-hydrogen) atoms. The molecule has 1 aromatic heterocycles. The van der Waals surface area contributed by atoms with Crippen molar-refractivity contribution in [2.75, 3.05) is 0 Å². The number of hydrogen-bond acceptors (Lipinski definition) is 2. The van der Waals surface area contributed by atoms with Gasteiger partial charge in [0.15, 0.2) is 0 Å². The summed E-state index contributed by atoms with van der Waals surface area (Å²) in [4.78, 5) is 0. The van der Waals surface area contributed by atoms with Gasteiger partial charge in [0.25, 0.3) is 0 Å². The molecule has 3 rings (SSSR count). The summed E-state index contributed by atoms with van der Waals surface area (Å²) in [6.45, 7) is 2.17. The van der Waals surface area contributed by atoms with Gasteiger partial charge in [-0.3, -0.25) is 0 Å². The van der Waals surface area contributed by atoms with E-state index in [2.05, 4.69) is 12.0 Å². The lowest BCUT2D eigenvalue weighted by Gasteiger charge is -2.12. The van der Waals surface area contributed by atoms with Crippen molar-refractivity contribution in [2.24, 2.45) is 5.92 Å². The monoisotopic (exact) mass is 242 g/mol. The Bertz CT molecular complexity index is 535. The zero-order valence-electron chi connectivity index (χ0n) is 10.6. The molecule has 1 aliphatic carbocycles. The maximum absolute atomic E-state index is 10.6. The van der Waals surface area contributed by atoms with Crippen molar-refractivity contribution in [3.8, 4) is 5.69 Å². The zero-order chi connectivity index (χ0) is 12.6. The third kappa shape index (κ3) is 1.85. The van der Waals surface area contributed by atoms with Crippen LogP contribution in [0.25, 0.3) is 5.69 Å². The lowest BCUT2D eigenvalue weighted by atomic mass is 10.0. The lowest BCUT2D eigenvalue weighted by molar-refractivity contribution is 0.129. The number of nitrogens with zero attached hydrogens (tertiary/aromatic N) is 2. The van der Waals surface area contributed by atoms with E-state index in [0.717, 1.165) is 30.5 Å². The minimum absolute atomic E-state index is 0.426. The van der Waals surface area contributed by atoms with E-state index in [1.54, 1.807) is 6.20 Å². The first-order valence-electron chi connectivity index (χ1n) is 6.57. The Morgan fingerprint density at radius 3 is 3.06 bits per heavy atom. The first-order valence-corrected chi connectivity index (χ1v) is 6.57. The molecule has 0 radical (unpaired) electrons. The van der Waals surface area contributed by atoms with Crippen LogP contribution in [0.1, 0.15) is 31.7 Å². The number of benzene rings is 1. The first kappa shape index (κ1) is 11.5. The maximum atomic E-state index is 10.6. The van der Waals surface area contributed by atoms with E-state index < -0.39 is 5.60 Å². The summed E-state index contributed by atoms with van der Waals surface area (Å²) in [6.07, 6.45) is 6.80. The Morgan fingerprint density at radius 2 is 2.33 bits per heavy atom. The zero-order valence-corrected chi connectivity index (χ0v) is 10.6. The van der Waals surface area contributed by atoms with Gasteiger partial charge in [-0.15, -0.1) is 0 Å². The van der Waals surface area contributed by atoms with Crippen LogP contribution in [0.4, 0.5) is 0 Å². The summed E-state index contributed by atoms with van der Waals surface area (Å²) < 4.78 is 1.82. The number of aromatic nitrogens is 2. The molecule has 2 atom stereocenters. The van der Waals surface area contributed by atoms with E-state index in [4.69, 9.17) is 0 Å². The van der Waals surface area contributed by atoms with Crippen molar-refractivity contribution < 1.29 is 5.11 Å². The van der Waals surface area contributed by atoms with Gasteiger partial charge in [-0.2, -0.15) is 5.10 Å². The summed E-state index contributed by atoms with van der Waals surface area (Å²) in [5, 5.41) is 14.8. The van der Waals surface area contributed by atoms with Gasteiger partial charge in [-0.05, 0) is 42.5 Å². The summed E-state index contributed by atoms with van der Waals surface area (Å²) >= 11 is 0. The Labute approximate surface area is 107 Å². The van der Waals surface area contributed by atoms with Gasteiger partial charge in [-0.25, -0.2) is 4.68 Å². The topological polar surface area (TPSA) is 38.0 Å². The molecule has 1 heterocycles. The fourth-order valence-electron chi connectivity index (χ4n) is 2.70. The molecule has 1 saturated carbocycles. The Kier molecular flexibility index (Phi) is 2.71. The van der Waals surface area contributed by atoms with Crippen LogP contribution in [-0.2, 0) is 5.60 Å². The van der Waals surface area contributed by atoms with Crippen molar-refractivity contribution >= 4 is 0 Å². The van der Waals surface area contributed by atoms with Crippen LogP contribution < -0.4 is 0 Å². The molecule has 3 nitrogen and oxygen atoms in total. The average Bonchev–Trinajstić information content (AvgIpc) is 2.83. The number of aliphatic hydroxyl groups is 1. The summed E-state index contributed by atoms with van der Waals surface area (Å²) in [5.41, 5.74) is 1.43. The first-order chi connectivity index (χ1) is 8.74. The molecule has 0 spiro atoms. The second-order valence-electron chi connectivity index (χ2n) is 5.11. The molecule has 1 N–H and O–H groups in total. The molecule has 2 aromatic rings. The van der Waals surface area contributed by atoms with Crippen LogP contribution in [0, 0.1) is 5.92 Å². The molecule has 0 saturated heterocycles. The fraction of sp³-hybridized carbons (Fsp3) is 0.400. The predicted octanol–water partition coefficient (Wildman–Crippen LogP) is 2.88. The molecule has 1 aliphatic rings. The third-order valence-corrected chi connectivity index (χ3v) is 3.82. The molecule has 1 fully saturated rings. The van der Waals surface area contributed by atoms with Crippen LogP contribution in [-0.4, -0.2) is 14.9 Å². The molecule has 0 bridgehead atoms. The summed E-state index contributed by atoms with van der Waals surface area (Å²) in [6, 6.07) is 9.96. The Morgan fingerprint density at radius 1 is 1.44 bits per heavy atom. The lowest BCUT2D eigenvalue weighted by Crippen LogP contribution is -2.09. The highest BCUT2D eigenvalue weighted by molar-refractivity contribution is 5.40. The van der Waals surface area contributed by atoms with Crippen LogP contribution in [0.2, 0.25) is 0 Å². The molecular weight excluding hydrogens is 224 g/mol. The molecular formula is C15H18N2O. The normalized spacial score (nSPS) is 26.2. The fourth-order valence-corrected chi connectivity index (χ4v) is 2.70. The smallest absolute Gasteiger partial charge is 0.0930 e. The van der Waals surface area contributed by atoms with Gasteiger partial charge in [0.2, 0.25) is 0 Å². The van der Waals surface area contributed by atoms with Gasteiger partial charge in [0.1, 0.15) is 0 Å². The molecule has 2 unspecified atom stereocenters. The highest BCUT2D eigenvalue weighted by Crippen LogP contribution is 2.54. The van der Waals surface area contributed by atoms with Crippen LogP contribution in [0.5, 0.6) is 0 Å². The summed E-state index contributed by atoms with van der Waals surface area (Å²) in [7, 11) is 0. The Hall–Kier alpha value is -1.61. The van der Waals surface area contributed by atoms with E-state index >= 15 is 0 Å². The average molecular weight is 242 g/mol. The minimum atomic E-state index is -0.598. The van der Waals surface area contributed by atoms with Crippen molar-refractivity contribution in [1.82, 2.24) is 9.78 Å². The van der Waals surface area contributed by atoms with Crippen LogP contribution in [0.3, 0.4) is 0 Å². The van der Waals surface area contributed by atoms with Crippen molar-refractivity contribution in [2.45, 2.75) is 31.8 Å². The van der Waals surface area contributed by atoms with Crippen molar-refractivity contribution in [3.05, 3.63) is 48.3 Å². The van der Waals surface area contributed by atoms with Gasteiger partial charge in [-0.1, -0.05) is 25.5 Å². The molecule has 1 aromatic carbocycles.